The van der Waals surface area contributed by atoms with E-state index in [1.165, 1.54) is 0 Å². The molecule has 0 fully saturated rings. The van der Waals surface area contributed by atoms with Crippen molar-refractivity contribution < 1.29 is 4.74 Å². The number of hydrogen-bond donors (Lipinski definition) is 2. The lowest BCUT2D eigenvalue weighted by Crippen LogP contribution is -2.20. The van der Waals surface area contributed by atoms with E-state index in [9.17, 15) is 0 Å². The summed E-state index contributed by atoms with van der Waals surface area (Å²) in [5.41, 5.74) is 6.83. The molecule has 1 atom stereocenters. The van der Waals surface area contributed by atoms with Crippen molar-refractivity contribution in [3.05, 3.63) is 35.1 Å². The summed E-state index contributed by atoms with van der Waals surface area (Å²) < 4.78 is 6.75. The van der Waals surface area contributed by atoms with Crippen LogP contribution in [0.3, 0.4) is 0 Å². The normalized spacial score (nSPS) is 12.9. The molecular formula is C10H14ClN5O. The van der Waals surface area contributed by atoms with Crippen LogP contribution in [0.4, 0.5) is 0 Å². The molecule has 2 aromatic heterocycles. The van der Waals surface area contributed by atoms with Gasteiger partial charge in [0.2, 0.25) is 0 Å². The first-order valence-electron chi connectivity index (χ1n) is 5.19. The fourth-order valence-corrected chi connectivity index (χ4v) is 1.87. The molecule has 0 aromatic carbocycles. The second-order valence-corrected chi connectivity index (χ2v) is 3.95. The molecule has 0 amide bonds. The number of halogens is 1. The maximum atomic E-state index is 6.10. The van der Waals surface area contributed by atoms with Crippen LogP contribution in [0.15, 0.2) is 18.6 Å². The van der Waals surface area contributed by atoms with Crippen molar-refractivity contribution in [1.29, 1.82) is 0 Å². The molecule has 2 heterocycles. The van der Waals surface area contributed by atoms with Crippen LogP contribution in [-0.4, -0.2) is 33.5 Å². The van der Waals surface area contributed by atoms with Gasteiger partial charge in [-0.1, -0.05) is 11.6 Å². The van der Waals surface area contributed by atoms with Crippen LogP contribution in [0, 0.1) is 0 Å². The fraction of sp³-hybridized carbons (Fsp3) is 0.400. The van der Waals surface area contributed by atoms with E-state index < -0.39 is 6.04 Å². The van der Waals surface area contributed by atoms with Crippen LogP contribution in [0.5, 0.6) is 0 Å². The maximum Gasteiger partial charge on any atom is 0.129 e. The Bertz CT molecular complexity index is 467. The summed E-state index contributed by atoms with van der Waals surface area (Å²) in [6.07, 6.45) is 4.95. The summed E-state index contributed by atoms with van der Waals surface area (Å²) in [6, 6.07) is -0.420. The first kappa shape index (κ1) is 12.1. The lowest BCUT2D eigenvalue weighted by atomic mass is 10.2. The predicted molar refractivity (Wildman–Crippen MR) is 63.7 cm³/mol. The molecule has 92 valence electrons. The molecule has 1 unspecified atom stereocenters. The molecule has 0 radical (unpaired) electrons. The Hall–Kier alpha value is -1.37. The van der Waals surface area contributed by atoms with Crippen molar-refractivity contribution in [3.63, 3.8) is 0 Å². The van der Waals surface area contributed by atoms with Crippen molar-refractivity contribution in [2.24, 2.45) is 5.73 Å². The van der Waals surface area contributed by atoms with Gasteiger partial charge in [-0.05, 0) is 0 Å². The van der Waals surface area contributed by atoms with Gasteiger partial charge in [0.05, 0.1) is 30.1 Å². The molecule has 7 heteroatoms. The van der Waals surface area contributed by atoms with Crippen molar-refractivity contribution in [2.45, 2.75) is 12.6 Å². The number of rotatable bonds is 5. The third kappa shape index (κ3) is 2.49. The largest absolute Gasteiger partial charge is 0.383 e. The zero-order valence-corrected chi connectivity index (χ0v) is 10.2. The summed E-state index contributed by atoms with van der Waals surface area (Å²) in [6.45, 7) is 1.16. The average molecular weight is 256 g/mol. The minimum atomic E-state index is -0.420. The second-order valence-electron chi connectivity index (χ2n) is 3.55. The summed E-state index contributed by atoms with van der Waals surface area (Å²) in [5, 5.41) is 4.70. The van der Waals surface area contributed by atoms with E-state index in [-0.39, 0.29) is 0 Å². The highest BCUT2D eigenvalue weighted by Crippen LogP contribution is 2.24. The van der Waals surface area contributed by atoms with Crippen LogP contribution < -0.4 is 5.73 Å². The van der Waals surface area contributed by atoms with Crippen LogP contribution in [0.1, 0.15) is 17.6 Å². The predicted octanol–water partition coefficient (Wildman–Crippen LogP) is 0.954. The van der Waals surface area contributed by atoms with Gasteiger partial charge in [-0.2, -0.15) is 5.10 Å². The van der Waals surface area contributed by atoms with Crippen LogP contribution in [0.2, 0.25) is 5.02 Å². The Kier molecular flexibility index (Phi) is 3.78. The number of nitrogens with two attached hydrogens (primary N) is 1. The van der Waals surface area contributed by atoms with E-state index >= 15 is 0 Å². The summed E-state index contributed by atoms with van der Waals surface area (Å²) in [5.74, 6) is 0.658. The van der Waals surface area contributed by atoms with Crippen LogP contribution in [-0.2, 0) is 11.3 Å². The van der Waals surface area contributed by atoms with Crippen LogP contribution >= 0.6 is 11.6 Å². The van der Waals surface area contributed by atoms with Gasteiger partial charge in [0.1, 0.15) is 11.9 Å². The quantitative estimate of drug-likeness (QED) is 0.834. The Morgan fingerprint density at radius 3 is 3.12 bits per heavy atom. The number of hydrogen-bond acceptors (Lipinski definition) is 4. The molecule has 0 saturated heterocycles. The van der Waals surface area contributed by atoms with Gasteiger partial charge in [0.25, 0.3) is 0 Å². The van der Waals surface area contributed by atoms with Crippen molar-refractivity contribution >= 4 is 11.6 Å². The number of H-pyrrole nitrogens is 1. The van der Waals surface area contributed by atoms with E-state index in [4.69, 9.17) is 22.1 Å². The fourth-order valence-electron chi connectivity index (χ4n) is 1.61. The monoisotopic (exact) mass is 255 g/mol. The second kappa shape index (κ2) is 5.31. The minimum absolute atomic E-state index is 0.420. The van der Waals surface area contributed by atoms with Gasteiger partial charge in [-0.25, -0.2) is 4.98 Å². The Balaban J connectivity index is 2.27. The average Bonchev–Trinajstić information content (AvgIpc) is 2.95. The molecule has 0 saturated carbocycles. The van der Waals surface area contributed by atoms with Gasteiger partial charge in [-0.3, -0.25) is 4.68 Å². The third-order valence-electron chi connectivity index (χ3n) is 2.45. The van der Waals surface area contributed by atoms with E-state index in [1.54, 1.807) is 30.4 Å². The Morgan fingerprint density at radius 1 is 1.65 bits per heavy atom. The van der Waals surface area contributed by atoms with Gasteiger partial charge in [0, 0.05) is 19.5 Å². The van der Waals surface area contributed by atoms with E-state index in [0.717, 1.165) is 5.69 Å². The maximum absolute atomic E-state index is 6.10. The standard InChI is InChI=1S/C10H14ClN5O/c1-17-5-4-16-9(7(11)6-15-16)8(12)10-13-2-3-14-10/h2-3,6,8H,4-5,12H2,1H3,(H,13,14). The van der Waals surface area contributed by atoms with Crippen LogP contribution in [0.25, 0.3) is 0 Å². The van der Waals surface area contributed by atoms with E-state index in [1.807, 2.05) is 0 Å². The lowest BCUT2D eigenvalue weighted by molar-refractivity contribution is 0.182. The van der Waals surface area contributed by atoms with Gasteiger partial charge < -0.3 is 15.5 Å². The number of nitrogens with zero attached hydrogens (tertiary/aromatic N) is 3. The molecule has 0 bridgehead atoms. The smallest absolute Gasteiger partial charge is 0.129 e. The molecule has 2 aromatic rings. The highest BCUT2D eigenvalue weighted by Gasteiger charge is 2.20. The number of aromatic amines is 1. The molecule has 0 aliphatic heterocycles. The van der Waals surface area contributed by atoms with Gasteiger partial charge in [0.15, 0.2) is 0 Å². The SMILES string of the molecule is COCCn1ncc(Cl)c1C(N)c1ncc[nH]1. The molecule has 17 heavy (non-hydrogen) atoms. The molecule has 2 rings (SSSR count). The molecule has 0 aliphatic carbocycles. The van der Waals surface area contributed by atoms with E-state index in [0.29, 0.717) is 24.0 Å². The molecule has 0 spiro atoms. The van der Waals surface area contributed by atoms with Crippen molar-refractivity contribution in [2.75, 3.05) is 13.7 Å². The summed E-state index contributed by atoms with van der Waals surface area (Å²) in [4.78, 5) is 7.09. The molecule has 3 N–H and O–H groups in total. The number of aromatic nitrogens is 4. The zero-order chi connectivity index (χ0) is 12.3. The molecular weight excluding hydrogens is 242 g/mol. The minimum Gasteiger partial charge on any atom is -0.383 e. The highest BCUT2D eigenvalue weighted by atomic mass is 35.5. The number of ether oxygens (including phenoxy) is 1. The number of imidazole rings is 1. The van der Waals surface area contributed by atoms with Crippen molar-refractivity contribution in [3.8, 4) is 0 Å². The topological polar surface area (TPSA) is 81.8 Å². The molecule has 0 aliphatic rings. The van der Waals surface area contributed by atoms with Crippen molar-refractivity contribution in [1.82, 2.24) is 19.7 Å². The first-order chi connectivity index (χ1) is 8.24. The highest BCUT2D eigenvalue weighted by molar-refractivity contribution is 6.31. The lowest BCUT2D eigenvalue weighted by Gasteiger charge is -2.12. The first-order valence-corrected chi connectivity index (χ1v) is 5.57. The third-order valence-corrected chi connectivity index (χ3v) is 2.74. The van der Waals surface area contributed by atoms with Gasteiger partial charge >= 0.3 is 0 Å². The summed E-state index contributed by atoms with van der Waals surface area (Å²) in [7, 11) is 1.64. The van der Waals surface area contributed by atoms with E-state index in [2.05, 4.69) is 15.1 Å². The molecule has 6 nitrogen and oxygen atoms in total. The number of nitrogens with one attached hydrogen (secondary N) is 1. The van der Waals surface area contributed by atoms with Gasteiger partial charge in [-0.15, -0.1) is 0 Å². The Labute approximate surface area is 104 Å². The number of methoxy groups -OCH3 is 1. The zero-order valence-electron chi connectivity index (χ0n) is 9.43. The Morgan fingerprint density at radius 2 is 2.47 bits per heavy atom. The summed E-state index contributed by atoms with van der Waals surface area (Å²) >= 11 is 6.09.